The Hall–Kier alpha value is -1.35. The SMILES string of the molecule is CCOC(=O)C(C)(C)[C@H]1CC[C@@H](c2cccc(C)c2)N1. The molecule has 3 nitrogen and oxygen atoms in total. The van der Waals surface area contributed by atoms with E-state index in [9.17, 15) is 4.79 Å². The van der Waals surface area contributed by atoms with Crippen LogP contribution in [0.3, 0.4) is 0 Å². The number of aryl methyl sites for hydroxylation is 1. The fourth-order valence-electron chi connectivity index (χ4n) is 2.92. The summed E-state index contributed by atoms with van der Waals surface area (Å²) in [6.07, 6.45) is 2.07. The summed E-state index contributed by atoms with van der Waals surface area (Å²) in [5, 5.41) is 3.61. The van der Waals surface area contributed by atoms with Crippen molar-refractivity contribution in [3.05, 3.63) is 35.4 Å². The minimum Gasteiger partial charge on any atom is -0.466 e. The molecule has 0 radical (unpaired) electrons. The second-order valence-corrected chi connectivity index (χ2v) is 6.21. The molecule has 0 aromatic heterocycles. The molecule has 1 fully saturated rings. The van der Waals surface area contributed by atoms with Crippen LogP contribution in [-0.2, 0) is 9.53 Å². The van der Waals surface area contributed by atoms with Crippen molar-refractivity contribution in [2.45, 2.75) is 52.6 Å². The molecule has 1 aliphatic heterocycles. The van der Waals surface area contributed by atoms with Gasteiger partial charge in [-0.05, 0) is 46.1 Å². The van der Waals surface area contributed by atoms with E-state index in [-0.39, 0.29) is 12.0 Å². The van der Waals surface area contributed by atoms with Crippen LogP contribution in [0.15, 0.2) is 24.3 Å². The van der Waals surface area contributed by atoms with Crippen molar-refractivity contribution in [2.75, 3.05) is 6.61 Å². The van der Waals surface area contributed by atoms with Crippen LogP contribution < -0.4 is 5.32 Å². The monoisotopic (exact) mass is 275 g/mol. The predicted molar refractivity (Wildman–Crippen MR) is 80.5 cm³/mol. The van der Waals surface area contributed by atoms with E-state index in [1.807, 2.05) is 20.8 Å². The molecule has 0 amide bonds. The lowest BCUT2D eigenvalue weighted by Crippen LogP contribution is -2.44. The van der Waals surface area contributed by atoms with Gasteiger partial charge in [0, 0.05) is 12.1 Å². The number of benzene rings is 1. The van der Waals surface area contributed by atoms with Crippen LogP contribution in [0.5, 0.6) is 0 Å². The van der Waals surface area contributed by atoms with Crippen molar-refractivity contribution in [1.29, 1.82) is 0 Å². The Labute approximate surface area is 121 Å². The number of hydrogen-bond acceptors (Lipinski definition) is 3. The lowest BCUT2D eigenvalue weighted by molar-refractivity contribution is -0.155. The summed E-state index contributed by atoms with van der Waals surface area (Å²) in [4.78, 5) is 12.1. The molecule has 2 rings (SSSR count). The topological polar surface area (TPSA) is 38.3 Å². The van der Waals surface area contributed by atoms with Gasteiger partial charge in [-0.2, -0.15) is 0 Å². The van der Waals surface area contributed by atoms with Gasteiger partial charge in [0.1, 0.15) is 0 Å². The molecule has 1 N–H and O–H groups in total. The quantitative estimate of drug-likeness (QED) is 0.856. The van der Waals surface area contributed by atoms with Crippen LogP contribution in [0, 0.1) is 12.3 Å². The highest BCUT2D eigenvalue weighted by Crippen LogP contribution is 2.36. The van der Waals surface area contributed by atoms with Crippen molar-refractivity contribution in [3.8, 4) is 0 Å². The van der Waals surface area contributed by atoms with Crippen molar-refractivity contribution in [3.63, 3.8) is 0 Å². The Morgan fingerprint density at radius 3 is 2.80 bits per heavy atom. The average Bonchev–Trinajstić information content (AvgIpc) is 2.89. The van der Waals surface area contributed by atoms with Crippen LogP contribution in [0.4, 0.5) is 0 Å². The number of esters is 1. The zero-order valence-electron chi connectivity index (χ0n) is 12.9. The van der Waals surface area contributed by atoms with E-state index >= 15 is 0 Å². The van der Waals surface area contributed by atoms with E-state index in [0.29, 0.717) is 12.6 Å². The number of rotatable bonds is 4. The van der Waals surface area contributed by atoms with E-state index in [0.717, 1.165) is 12.8 Å². The molecule has 0 spiro atoms. The van der Waals surface area contributed by atoms with Gasteiger partial charge >= 0.3 is 5.97 Å². The molecule has 0 unspecified atom stereocenters. The average molecular weight is 275 g/mol. The lowest BCUT2D eigenvalue weighted by Gasteiger charge is -2.30. The first-order valence-electron chi connectivity index (χ1n) is 7.45. The zero-order chi connectivity index (χ0) is 14.8. The Morgan fingerprint density at radius 1 is 1.40 bits per heavy atom. The summed E-state index contributed by atoms with van der Waals surface area (Å²) in [5.74, 6) is -0.109. The summed E-state index contributed by atoms with van der Waals surface area (Å²) in [5.41, 5.74) is 2.11. The van der Waals surface area contributed by atoms with E-state index in [2.05, 4.69) is 36.5 Å². The highest BCUT2D eigenvalue weighted by atomic mass is 16.5. The molecule has 2 atom stereocenters. The summed E-state index contributed by atoms with van der Waals surface area (Å²) in [7, 11) is 0. The maximum Gasteiger partial charge on any atom is 0.313 e. The molecule has 1 saturated heterocycles. The normalized spacial score (nSPS) is 22.8. The third-order valence-corrected chi connectivity index (χ3v) is 4.26. The smallest absolute Gasteiger partial charge is 0.313 e. The maximum atomic E-state index is 12.1. The van der Waals surface area contributed by atoms with Gasteiger partial charge in [-0.15, -0.1) is 0 Å². The van der Waals surface area contributed by atoms with Crippen LogP contribution in [0.1, 0.15) is 50.8 Å². The predicted octanol–water partition coefficient (Wildman–Crippen LogP) is 3.38. The number of carbonyl (C=O) groups is 1. The van der Waals surface area contributed by atoms with Gasteiger partial charge in [0.15, 0.2) is 0 Å². The highest BCUT2D eigenvalue weighted by Gasteiger charge is 2.42. The molecule has 3 heteroatoms. The molecule has 0 saturated carbocycles. The molecular weight excluding hydrogens is 250 g/mol. The van der Waals surface area contributed by atoms with Crippen LogP contribution in [-0.4, -0.2) is 18.6 Å². The van der Waals surface area contributed by atoms with Gasteiger partial charge in [-0.3, -0.25) is 4.79 Å². The Bertz CT molecular complexity index is 482. The van der Waals surface area contributed by atoms with Crippen molar-refractivity contribution < 1.29 is 9.53 Å². The third-order valence-electron chi connectivity index (χ3n) is 4.26. The van der Waals surface area contributed by atoms with E-state index in [1.54, 1.807) is 0 Å². The van der Waals surface area contributed by atoms with Crippen molar-refractivity contribution in [2.24, 2.45) is 5.41 Å². The molecule has 1 aromatic carbocycles. The van der Waals surface area contributed by atoms with Gasteiger partial charge in [0.25, 0.3) is 0 Å². The molecule has 110 valence electrons. The van der Waals surface area contributed by atoms with Gasteiger partial charge in [-0.1, -0.05) is 29.8 Å². The van der Waals surface area contributed by atoms with Gasteiger partial charge in [0.05, 0.1) is 12.0 Å². The summed E-state index contributed by atoms with van der Waals surface area (Å²) >= 11 is 0. The lowest BCUT2D eigenvalue weighted by atomic mass is 9.83. The van der Waals surface area contributed by atoms with Crippen molar-refractivity contribution in [1.82, 2.24) is 5.32 Å². The molecule has 0 bridgehead atoms. The minimum absolute atomic E-state index is 0.109. The number of ether oxygens (including phenoxy) is 1. The summed E-state index contributed by atoms with van der Waals surface area (Å²) in [6.45, 7) is 8.35. The number of nitrogens with one attached hydrogen (secondary N) is 1. The first kappa shape index (κ1) is 15.0. The van der Waals surface area contributed by atoms with Crippen LogP contribution in [0.2, 0.25) is 0 Å². The minimum atomic E-state index is -0.478. The van der Waals surface area contributed by atoms with Crippen LogP contribution >= 0.6 is 0 Å². The highest BCUT2D eigenvalue weighted by molar-refractivity contribution is 5.77. The zero-order valence-corrected chi connectivity index (χ0v) is 12.9. The van der Waals surface area contributed by atoms with E-state index in [4.69, 9.17) is 4.74 Å². The molecular formula is C17H25NO2. The van der Waals surface area contributed by atoms with E-state index < -0.39 is 5.41 Å². The fraction of sp³-hybridized carbons (Fsp3) is 0.588. The first-order chi connectivity index (χ1) is 9.45. The van der Waals surface area contributed by atoms with Gasteiger partial charge in [-0.25, -0.2) is 0 Å². The molecule has 0 aliphatic carbocycles. The molecule has 20 heavy (non-hydrogen) atoms. The Morgan fingerprint density at radius 2 is 2.15 bits per heavy atom. The Kier molecular flexibility index (Phi) is 4.48. The van der Waals surface area contributed by atoms with E-state index in [1.165, 1.54) is 11.1 Å². The largest absolute Gasteiger partial charge is 0.466 e. The first-order valence-corrected chi connectivity index (χ1v) is 7.45. The van der Waals surface area contributed by atoms with Gasteiger partial charge < -0.3 is 10.1 Å². The van der Waals surface area contributed by atoms with Crippen molar-refractivity contribution >= 4 is 5.97 Å². The summed E-state index contributed by atoms with van der Waals surface area (Å²) < 4.78 is 5.20. The molecule has 1 heterocycles. The molecule has 1 aliphatic rings. The second kappa shape index (κ2) is 5.96. The number of hydrogen-bond donors (Lipinski definition) is 1. The summed E-state index contributed by atoms with van der Waals surface area (Å²) in [6, 6.07) is 9.09. The Balaban J connectivity index is 2.07. The fourth-order valence-corrected chi connectivity index (χ4v) is 2.92. The van der Waals surface area contributed by atoms with Gasteiger partial charge in [0.2, 0.25) is 0 Å². The third kappa shape index (κ3) is 3.04. The maximum absolute atomic E-state index is 12.1. The number of carbonyl (C=O) groups excluding carboxylic acids is 1. The molecule has 1 aromatic rings. The van der Waals surface area contributed by atoms with Crippen LogP contribution in [0.25, 0.3) is 0 Å². The standard InChI is InChI=1S/C17H25NO2/c1-5-20-16(19)17(3,4)15-10-9-14(18-15)13-8-6-7-12(2)11-13/h6-8,11,14-15,18H,5,9-10H2,1-4H3/t14-,15+/m0/s1. The second-order valence-electron chi connectivity index (χ2n) is 6.21.